The molecule has 0 amide bonds. The minimum Gasteiger partial charge on any atom is -0.466 e. The number of hydrogen-bond donors (Lipinski definition) is 0. The van der Waals surface area contributed by atoms with Gasteiger partial charge in [0.05, 0.1) is 7.11 Å². The van der Waals surface area contributed by atoms with Crippen LogP contribution in [0.25, 0.3) is 0 Å². The van der Waals surface area contributed by atoms with Crippen molar-refractivity contribution >= 4 is 5.97 Å². The Kier molecular flexibility index (Phi) is 2.10. The van der Waals surface area contributed by atoms with E-state index < -0.39 is 0 Å². The van der Waals surface area contributed by atoms with Crippen LogP contribution in [-0.4, -0.2) is 13.1 Å². The Morgan fingerprint density at radius 3 is 2.70 bits per heavy atom. The molecule has 1 aliphatic carbocycles. The van der Waals surface area contributed by atoms with E-state index in [0.717, 1.165) is 5.92 Å². The predicted octanol–water partition coefficient (Wildman–Crippen LogP) is 1.37. The molecule has 0 aromatic carbocycles. The first-order chi connectivity index (χ1) is 4.74. The van der Waals surface area contributed by atoms with E-state index in [2.05, 4.69) is 11.7 Å². The molecule has 1 aliphatic rings. The number of methoxy groups -OCH3 is 1. The first kappa shape index (κ1) is 7.32. The maximum Gasteiger partial charge on any atom is 0.330 e. The van der Waals surface area contributed by atoms with Gasteiger partial charge in [0.1, 0.15) is 0 Å². The van der Waals surface area contributed by atoms with Gasteiger partial charge < -0.3 is 4.74 Å². The molecule has 0 heterocycles. The lowest BCUT2D eigenvalue weighted by Crippen LogP contribution is -1.93. The van der Waals surface area contributed by atoms with Crippen LogP contribution in [0.5, 0.6) is 0 Å². The summed E-state index contributed by atoms with van der Waals surface area (Å²) in [7, 11) is 1.39. The van der Waals surface area contributed by atoms with Gasteiger partial charge in [0, 0.05) is 6.08 Å². The molecule has 0 radical (unpaired) electrons. The third-order valence-electron chi connectivity index (χ3n) is 1.85. The lowest BCUT2D eigenvalue weighted by Gasteiger charge is -1.87. The molecule has 1 fully saturated rings. The van der Waals surface area contributed by atoms with Crippen LogP contribution in [0, 0.1) is 11.8 Å². The molecule has 2 heteroatoms. The van der Waals surface area contributed by atoms with Gasteiger partial charge in [-0.25, -0.2) is 4.79 Å². The lowest BCUT2D eigenvalue weighted by molar-refractivity contribution is -0.134. The maximum absolute atomic E-state index is 10.5. The second kappa shape index (κ2) is 2.86. The SMILES string of the molecule is COC(=O)/C=C/[C@@H]1C[C@@H]1C. The monoisotopic (exact) mass is 140 g/mol. The Hall–Kier alpha value is -0.790. The highest BCUT2D eigenvalue weighted by molar-refractivity contribution is 5.81. The fraction of sp³-hybridized carbons (Fsp3) is 0.625. The van der Waals surface area contributed by atoms with Gasteiger partial charge in [-0.2, -0.15) is 0 Å². The first-order valence-electron chi connectivity index (χ1n) is 3.50. The third kappa shape index (κ3) is 1.87. The highest BCUT2D eigenvalue weighted by Gasteiger charge is 2.29. The van der Waals surface area contributed by atoms with Crippen LogP contribution in [0.15, 0.2) is 12.2 Å². The standard InChI is InChI=1S/C8H12O2/c1-6-5-7(6)3-4-8(9)10-2/h3-4,6-7H,5H2,1-2H3/b4-3+/t6-,7+/m0/s1. The molecule has 0 bridgehead atoms. The zero-order valence-electron chi connectivity index (χ0n) is 6.33. The molecule has 1 saturated carbocycles. The van der Waals surface area contributed by atoms with Crippen LogP contribution in [-0.2, 0) is 9.53 Å². The molecule has 10 heavy (non-hydrogen) atoms. The van der Waals surface area contributed by atoms with Gasteiger partial charge in [-0.15, -0.1) is 0 Å². The molecule has 0 aromatic heterocycles. The van der Waals surface area contributed by atoms with Crippen LogP contribution in [0.2, 0.25) is 0 Å². The predicted molar refractivity (Wildman–Crippen MR) is 38.4 cm³/mol. The van der Waals surface area contributed by atoms with Crippen LogP contribution >= 0.6 is 0 Å². The zero-order chi connectivity index (χ0) is 7.56. The number of rotatable bonds is 2. The van der Waals surface area contributed by atoms with Crippen molar-refractivity contribution in [2.75, 3.05) is 7.11 Å². The summed E-state index contributed by atoms with van der Waals surface area (Å²) in [5.74, 6) is 1.14. The van der Waals surface area contributed by atoms with Crippen molar-refractivity contribution in [3.8, 4) is 0 Å². The summed E-state index contributed by atoms with van der Waals surface area (Å²) in [6.07, 6.45) is 4.65. The number of hydrogen-bond acceptors (Lipinski definition) is 2. The van der Waals surface area contributed by atoms with Crippen LogP contribution in [0.4, 0.5) is 0 Å². The Bertz CT molecular complexity index is 161. The molecular weight excluding hydrogens is 128 g/mol. The van der Waals surface area contributed by atoms with E-state index in [-0.39, 0.29) is 5.97 Å². The molecule has 0 aromatic rings. The average molecular weight is 140 g/mol. The molecule has 2 nitrogen and oxygen atoms in total. The molecule has 0 unspecified atom stereocenters. The second-order valence-electron chi connectivity index (χ2n) is 2.76. The van der Waals surface area contributed by atoms with Crippen molar-refractivity contribution < 1.29 is 9.53 Å². The fourth-order valence-corrected chi connectivity index (χ4v) is 0.889. The van der Waals surface area contributed by atoms with Gasteiger partial charge >= 0.3 is 5.97 Å². The summed E-state index contributed by atoms with van der Waals surface area (Å²) < 4.78 is 4.44. The zero-order valence-corrected chi connectivity index (χ0v) is 6.33. The fourth-order valence-electron chi connectivity index (χ4n) is 0.889. The number of esters is 1. The summed E-state index contributed by atoms with van der Waals surface area (Å²) in [6.45, 7) is 2.17. The van der Waals surface area contributed by atoms with E-state index in [1.165, 1.54) is 19.6 Å². The van der Waals surface area contributed by atoms with Crippen molar-refractivity contribution in [3.05, 3.63) is 12.2 Å². The maximum atomic E-state index is 10.5. The van der Waals surface area contributed by atoms with Gasteiger partial charge in [0.25, 0.3) is 0 Å². The quantitative estimate of drug-likeness (QED) is 0.427. The van der Waals surface area contributed by atoms with Crippen molar-refractivity contribution in [1.29, 1.82) is 0 Å². The van der Waals surface area contributed by atoms with Crippen molar-refractivity contribution in [2.45, 2.75) is 13.3 Å². The number of carbonyl (C=O) groups is 1. The third-order valence-corrected chi connectivity index (χ3v) is 1.85. The highest BCUT2D eigenvalue weighted by Crippen LogP contribution is 2.38. The molecular formula is C8H12O2. The first-order valence-corrected chi connectivity index (χ1v) is 3.50. The largest absolute Gasteiger partial charge is 0.466 e. The summed E-state index contributed by atoms with van der Waals surface area (Å²) in [5.41, 5.74) is 0. The van der Waals surface area contributed by atoms with Crippen LogP contribution in [0.1, 0.15) is 13.3 Å². The van der Waals surface area contributed by atoms with Crippen LogP contribution < -0.4 is 0 Å². The lowest BCUT2D eigenvalue weighted by atomic mass is 10.3. The minimum absolute atomic E-state index is 0.251. The van der Waals surface area contributed by atoms with Crippen LogP contribution in [0.3, 0.4) is 0 Å². The van der Waals surface area contributed by atoms with Gasteiger partial charge in [0.15, 0.2) is 0 Å². The Morgan fingerprint density at radius 2 is 2.30 bits per heavy atom. The van der Waals surface area contributed by atoms with Gasteiger partial charge in [0.2, 0.25) is 0 Å². The van der Waals surface area contributed by atoms with E-state index in [0.29, 0.717) is 5.92 Å². The number of ether oxygens (including phenoxy) is 1. The normalized spacial score (nSPS) is 30.6. The van der Waals surface area contributed by atoms with Crippen molar-refractivity contribution in [1.82, 2.24) is 0 Å². The Balaban J connectivity index is 2.23. The summed E-state index contributed by atoms with van der Waals surface area (Å²) in [6, 6.07) is 0. The summed E-state index contributed by atoms with van der Waals surface area (Å²) >= 11 is 0. The van der Waals surface area contributed by atoms with Gasteiger partial charge in [-0.05, 0) is 18.3 Å². The Morgan fingerprint density at radius 1 is 1.70 bits per heavy atom. The number of carbonyl (C=O) groups excluding carboxylic acids is 1. The van der Waals surface area contributed by atoms with E-state index in [4.69, 9.17) is 0 Å². The summed E-state index contributed by atoms with van der Waals surface area (Å²) in [5, 5.41) is 0. The van der Waals surface area contributed by atoms with E-state index in [9.17, 15) is 4.79 Å². The van der Waals surface area contributed by atoms with Crippen molar-refractivity contribution in [2.24, 2.45) is 11.8 Å². The van der Waals surface area contributed by atoms with E-state index >= 15 is 0 Å². The molecule has 0 spiro atoms. The molecule has 0 N–H and O–H groups in total. The molecule has 2 atom stereocenters. The molecule has 1 rings (SSSR count). The average Bonchev–Trinajstić information content (AvgIpc) is 2.61. The minimum atomic E-state index is -0.251. The Labute approximate surface area is 60.9 Å². The van der Waals surface area contributed by atoms with E-state index in [1.807, 2.05) is 6.08 Å². The molecule has 0 saturated heterocycles. The highest BCUT2D eigenvalue weighted by atomic mass is 16.5. The molecule has 56 valence electrons. The second-order valence-corrected chi connectivity index (χ2v) is 2.76. The van der Waals surface area contributed by atoms with Crippen molar-refractivity contribution in [3.63, 3.8) is 0 Å². The number of allylic oxidation sites excluding steroid dienone is 1. The topological polar surface area (TPSA) is 26.3 Å². The van der Waals surface area contributed by atoms with E-state index in [1.54, 1.807) is 0 Å². The summed E-state index contributed by atoms with van der Waals surface area (Å²) in [4.78, 5) is 10.5. The smallest absolute Gasteiger partial charge is 0.330 e. The molecule has 0 aliphatic heterocycles. The van der Waals surface area contributed by atoms with Gasteiger partial charge in [-0.3, -0.25) is 0 Å². The van der Waals surface area contributed by atoms with Gasteiger partial charge in [-0.1, -0.05) is 13.0 Å².